The number of H-pyrrole nitrogens is 6. The van der Waals surface area contributed by atoms with E-state index < -0.39 is 0 Å². The summed E-state index contributed by atoms with van der Waals surface area (Å²) in [5, 5.41) is 6.36. The van der Waals surface area contributed by atoms with E-state index in [4.69, 9.17) is 9.97 Å². The Balaban J connectivity index is 1.55. The number of nitrogens with one attached hydrogen (secondary N) is 6. The van der Waals surface area contributed by atoms with E-state index in [9.17, 15) is 0 Å². The fourth-order valence-electron chi connectivity index (χ4n) is 5.87. The Morgan fingerprint density at radius 3 is 1.30 bits per heavy atom. The van der Waals surface area contributed by atoms with Crippen LogP contribution in [-0.2, 0) is 0 Å². The van der Waals surface area contributed by atoms with Crippen molar-refractivity contribution in [2.24, 2.45) is 0 Å². The number of benzene rings is 4. The van der Waals surface area contributed by atoms with Crippen molar-refractivity contribution in [3.05, 3.63) is 97.1 Å². The molecule has 0 spiro atoms. The second-order valence-electron chi connectivity index (χ2n) is 10.1. The van der Waals surface area contributed by atoms with Crippen molar-refractivity contribution in [1.82, 2.24) is 39.9 Å². The summed E-state index contributed by atoms with van der Waals surface area (Å²) in [6.07, 6.45) is 0. The predicted octanol–water partition coefficient (Wildman–Crippen LogP) is 7.82. The molecule has 0 unspecified atom stereocenters. The van der Waals surface area contributed by atoms with Gasteiger partial charge in [-0.1, -0.05) is 97.1 Å². The summed E-state index contributed by atoms with van der Waals surface area (Å²) in [5.74, 6) is 1.41. The third-order valence-electron chi connectivity index (χ3n) is 7.73. The maximum Gasteiger partial charge on any atom is 0.164 e. The number of hydrogen-bond donors (Lipinski definition) is 6. The van der Waals surface area contributed by atoms with Gasteiger partial charge >= 0.3 is 0 Å². The quantitative estimate of drug-likeness (QED) is 0.123. The lowest BCUT2D eigenvalue weighted by Gasteiger charge is -1.97. The monoisotopic (exact) mass is 518 g/mol. The third-order valence-corrected chi connectivity index (χ3v) is 7.73. The van der Waals surface area contributed by atoms with Crippen molar-refractivity contribution >= 4 is 66.2 Å². The largest absolute Gasteiger partial charge is 0.327 e. The molecule has 0 saturated heterocycles. The van der Waals surface area contributed by atoms with Crippen LogP contribution in [0.3, 0.4) is 0 Å². The Kier molecular flexibility index (Phi) is 4.17. The fraction of sp³-hybridized carbons (Fsp3) is 0. The predicted molar refractivity (Wildman–Crippen MR) is 162 cm³/mol. The van der Waals surface area contributed by atoms with E-state index in [1.165, 1.54) is 0 Å². The van der Waals surface area contributed by atoms with E-state index in [0.717, 1.165) is 83.2 Å². The van der Waals surface area contributed by atoms with Gasteiger partial charge in [-0.2, -0.15) is 0 Å². The van der Waals surface area contributed by atoms with Gasteiger partial charge in [-0.05, 0) is 0 Å². The molecule has 4 aromatic carbocycles. The zero-order valence-electron chi connectivity index (χ0n) is 21.1. The highest BCUT2D eigenvalue weighted by Gasteiger charge is 2.18. The average molecular weight is 519 g/mol. The van der Waals surface area contributed by atoms with Crippen LogP contribution in [-0.4, -0.2) is 39.9 Å². The van der Waals surface area contributed by atoms with E-state index in [2.05, 4.69) is 90.6 Å². The van der Waals surface area contributed by atoms with Gasteiger partial charge in [-0.15, -0.1) is 0 Å². The number of aromatic amines is 6. The highest BCUT2D eigenvalue weighted by Crippen LogP contribution is 2.34. The van der Waals surface area contributed by atoms with Crippen molar-refractivity contribution in [2.45, 2.75) is 0 Å². The third kappa shape index (κ3) is 3.01. The first-order valence-corrected chi connectivity index (χ1v) is 13.2. The minimum Gasteiger partial charge on any atom is -0.327 e. The van der Waals surface area contributed by atoms with Gasteiger partial charge in [-0.25, -0.2) is 9.97 Å². The van der Waals surface area contributed by atoms with Gasteiger partial charge in [0.05, 0.1) is 0 Å². The molecule has 8 bridgehead atoms. The minimum atomic E-state index is 0.658. The molecule has 0 atom stereocenters. The van der Waals surface area contributed by atoms with E-state index in [-0.39, 0.29) is 0 Å². The normalized spacial score (nSPS) is 12.0. The van der Waals surface area contributed by atoms with Gasteiger partial charge in [0.15, 0.2) is 5.82 Å². The van der Waals surface area contributed by atoms with Gasteiger partial charge < -0.3 is 29.9 Å². The number of nitrogens with zero attached hydrogens (tertiary/aromatic N) is 2. The standard InChI is InChI=1S/C32H22N8/c1-2-10-18-17(9-1)25-33-26(18)38-28-21-13-5-6-14-22(21)30(35-28)40-32-24-16-8-7-15-23(24)31(36-32)39-29-20-12-4-3-11-19(20)27(34-29)37-25/h1-16,33-35,37-38H,(H,36,39,40). The lowest BCUT2D eigenvalue weighted by molar-refractivity contribution is 1.21. The molecule has 6 N–H and O–H groups in total. The molecule has 0 fully saturated rings. The maximum atomic E-state index is 5.07. The molecule has 8 aromatic rings. The van der Waals surface area contributed by atoms with Crippen LogP contribution in [0.25, 0.3) is 89.0 Å². The van der Waals surface area contributed by atoms with Crippen LogP contribution in [0.2, 0.25) is 0 Å². The van der Waals surface area contributed by atoms with Gasteiger partial charge in [-0.3, -0.25) is 0 Å². The fourth-order valence-corrected chi connectivity index (χ4v) is 5.87. The van der Waals surface area contributed by atoms with Crippen molar-refractivity contribution in [2.75, 3.05) is 0 Å². The SMILES string of the molecule is c1ccc2c(c1)-c1nc-2[nH]c2[nH]c([nH]c3[nH]c([nH]c4[nH]c(n1)c1ccccc41)c1ccccc31)c1ccccc21. The lowest BCUT2D eigenvalue weighted by atomic mass is 10.1. The topological polar surface area (TPSA) is 121 Å². The molecule has 40 heavy (non-hydrogen) atoms. The van der Waals surface area contributed by atoms with E-state index in [1.807, 2.05) is 36.4 Å². The molecule has 8 heteroatoms. The van der Waals surface area contributed by atoms with Crippen LogP contribution in [0.1, 0.15) is 0 Å². The number of rotatable bonds is 0. The summed E-state index contributed by atoms with van der Waals surface area (Å²) in [5.41, 5.74) is 7.13. The molecule has 5 heterocycles. The Labute approximate surface area is 225 Å². The first-order valence-electron chi connectivity index (χ1n) is 13.2. The smallest absolute Gasteiger partial charge is 0.164 e. The zero-order chi connectivity index (χ0) is 26.2. The molecule has 9 rings (SSSR count). The van der Waals surface area contributed by atoms with E-state index in [1.54, 1.807) is 0 Å². The molecule has 1 aliphatic heterocycles. The summed E-state index contributed by atoms with van der Waals surface area (Å²) in [6, 6.07) is 33.1. The highest BCUT2D eigenvalue weighted by molar-refractivity contribution is 6.09. The van der Waals surface area contributed by atoms with Crippen molar-refractivity contribution in [3.63, 3.8) is 0 Å². The number of fused-ring (bicyclic) bond motifs is 20. The molecule has 4 aromatic heterocycles. The highest BCUT2D eigenvalue weighted by atomic mass is 15.0. The minimum absolute atomic E-state index is 0.658. The molecule has 1 aliphatic rings. The Hall–Kier alpha value is -5.76. The van der Waals surface area contributed by atoms with Gasteiger partial charge in [0.1, 0.15) is 39.7 Å². The summed E-state index contributed by atoms with van der Waals surface area (Å²) in [7, 11) is 0. The lowest BCUT2D eigenvalue weighted by Crippen LogP contribution is -1.81. The summed E-state index contributed by atoms with van der Waals surface area (Å²) >= 11 is 0. The summed E-state index contributed by atoms with van der Waals surface area (Å²) in [6.45, 7) is 0. The van der Waals surface area contributed by atoms with E-state index >= 15 is 0 Å². The van der Waals surface area contributed by atoms with Crippen LogP contribution < -0.4 is 0 Å². The Bertz CT molecular complexity index is 2290. The van der Waals surface area contributed by atoms with Gasteiger partial charge in [0, 0.05) is 43.4 Å². The summed E-state index contributed by atoms with van der Waals surface area (Å²) < 4.78 is 0. The Morgan fingerprint density at radius 2 is 0.750 bits per heavy atom. The maximum absolute atomic E-state index is 5.07. The van der Waals surface area contributed by atoms with Crippen LogP contribution in [0.15, 0.2) is 97.1 Å². The van der Waals surface area contributed by atoms with Crippen molar-refractivity contribution in [1.29, 1.82) is 0 Å². The van der Waals surface area contributed by atoms with Gasteiger partial charge in [0.2, 0.25) is 0 Å². The average Bonchev–Trinajstić information content (AvgIpc) is 3.73. The molecule has 0 amide bonds. The first-order chi connectivity index (χ1) is 19.8. The van der Waals surface area contributed by atoms with Gasteiger partial charge in [0.25, 0.3) is 0 Å². The van der Waals surface area contributed by atoms with Crippen LogP contribution in [0, 0.1) is 0 Å². The second-order valence-corrected chi connectivity index (χ2v) is 10.1. The van der Waals surface area contributed by atoms with Crippen molar-refractivity contribution < 1.29 is 0 Å². The van der Waals surface area contributed by atoms with E-state index in [0.29, 0.717) is 5.82 Å². The molecular weight excluding hydrogens is 496 g/mol. The molecule has 0 radical (unpaired) electrons. The zero-order valence-corrected chi connectivity index (χ0v) is 21.1. The number of hydrogen-bond acceptors (Lipinski definition) is 2. The second kappa shape index (κ2) is 7.87. The van der Waals surface area contributed by atoms with Crippen LogP contribution in [0.4, 0.5) is 0 Å². The Morgan fingerprint density at radius 1 is 0.350 bits per heavy atom. The van der Waals surface area contributed by atoms with Crippen molar-refractivity contribution in [3.8, 4) is 22.8 Å². The number of aromatic nitrogens is 8. The molecular formula is C32H22N8. The first kappa shape index (κ1) is 21.2. The molecule has 0 aliphatic carbocycles. The van der Waals surface area contributed by atoms with Crippen LogP contribution >= 0.6 is 0 Å². The van der Waals surface area contributed by atoms with Crippen LogP contribution in [0.5, 0.6) is 0 Å². The summed E-state index contributed by atoms with van der Waals surface area (Å²) in [4.78, 5) is 31.7. The molecule has 8 nitrogen and oxygen atoms in total. The molecule has 0 saturated carbocycles. The molecule has 190 valence electrons.